The van der Waals surface area contributed by atoms with Gasteiger partial charge in [0.25, 0.3) is 0 Å². The molecule has 0 amide bonds. The second-order valence-corrected chi connectivity index (χ2v) is 6.46. The Balaban J connectivity index is 2.17. The van der Waals surface area contributed by atoms with Crippen LogP contribution >= 0.6 is 0 Å². The van der Waals surface area contributed by atoms with E-state index in [0.717, 1.165) is 0 Å². The Morgan fingerprint density at radius 2 is 2.00 bits per heavy atom. The van der Waals surface area contributed by atoms with Gasteiger partial charge in [-0.2, -0.15) is 5.26 Å². The fourth-order valence-corrected chi connectivity index (χ4v) is 2.99. The topological polar surface area (TPSA) is 23.8 Å². The molecule has 0 saturated heterocycles. The molecule has 1 saturated carbocycles. The van der Waals surface area contributed by atoms with Crippen LogP contribution in [0, 0.1) is 22.2 Å². The fourth-order valence-electron chi connectivity index (χ4n) is 2.99. The molecule has 0 N–H and O–H groups in total. The molecule has 0 bridgehead atoms. The van der Waals surface area contributed by atoms with Gasteiger partial charge >= 0.3 is 0 Å². The zero-order chi connectivity index (χ0) is 12.5. The molecule has 17 heavy (non-hydrogen) atoms. The van der Waals surface area contributed by atoms with Crippen molar-refractivity contribution in [1.29, 1.82) is 5.26 Å². The molecule has 2 aliphatic carbocycles. The smallest absolute Gasteiger partial charge is 0.0630 e. The molecule has 0 aromatic rings. The lowest BCUT2D eigenvalue weighted by atomic mass is 9.72. The van der Waals surface area contributed by atoms with Crippen LogP contribution in [0.1, 0.15) is 59.3 Å². The highest BCUT2D eigenvalue weighted by Gasteiger charge is 2.40. The molecular formula is C16H23N. The lowest BCUT2D eigenvalue weighted by Gasteiger charge is -2.33. The molecule has 0 radical (unpaired) electrons. The highest BCUT2D eigenvalue weighted by Crippen LogP contribution is 2.51. The van der Waals surface area contributed by atoms with Crippen molar-refractivity contribution in [3.63, 3.8) is 0 Å². The molecule has 1 fully saturated rings. The standard InChI is InChI=1S/C16H23N/c1-13-5-4-7-15(2,3)14(13)6-8-16(9-10-16)11-12-17/h6,8H,4-5,7,9-11H2,1-3H3. The summed E-state index contributed by atoms with van der Waals surface area (Å²) in [5.74, 6) is 0. The van der Waals surface area contributed by atoms with Crippen LogP contribution in [0.15, 0.2) is 23.3 Å². The van der Waals surface area contributed by atoms with E-state index in [0.29, 0.717) is 11.8 Å². The minimum absolute atomic E-state index is 0.232. The summed E-state index contributed by atoms with van der Waals surface area (Å²) in [4.78, 5) is 0. The molecule has 0 atom stereocenters. The molecule has 0 spiro atoms. The molecule has 92 valence electrons. The van der Waals surface area contributed by atoms with Crippen LogP contribution in [0.3, 0.4) is 0 Å². The number of nitrogens with zero attached hydrogens (tertiary/aromatic N) is 1. The van der Waals surface area contributed by atoms with E-state index < -0.39 is 0 Å². The molecule has 0 aliphatic heterocycles. The predicted molar refractivity (Wildman–Crippen MR) is 71.4 cm³/mol. The molecule has 0 aromatic carbocycles. The van der Waals surface area contributed by atoms with Crippen molar-refractivity contribution in [2.45, 2.75) is 59.3 Å². The molecule has 2 rings (SSSR count). The van der Waals surface area contributed by atoms with E-state index in [-0.39, 0.29) is 5.41 Å². The lowest BCUT2D eigenvalue weighted by molar-refractivity contribution is 0.376. The van der Waals surface area contributed by atoms with Crippen molar-refractivity contribution in [3.05, 3.63) is 23.3 Å². The average molecular weight is 229 g/mol. The van der Waals surface area contributed by atoms with Crippen molar-refractivity contribution in [3.8, 4) is 6.07 Å². The predicted octanol–water partition coefficient (Wildman–Crippen LogP) is 4.76. The van der Waals surface area contributed by atoms with Gasteiger partial charge in [0.1, 0.15) is 0 Å². The van der Waals surface area contributed by atoms with E-state index in [1.807, 2.05) is 0 Å². The third-order valence-corrected chi connectivity index (χ3v) is 4.47. The summed E-state index contributed by atoms with van der Waals surface area (Å²) in [6.45, 7) is 6.96. The average Bonchev–Trinajstić information content (AvgIpc) is 2.97. The Kier molecular flexibility index (Phi) is 3.17. The van der Waals surface area contributed by atoms with Crippen LogP contribution in [0.5, 0.6) is 0 Å². The Morgan fingerprint density at radius 3 is 2.53 bits per heavy atom. The second-order valence-electron chi connectivity index (χ2n) is 6.46. The maximum absolute atomic E-state index is 8.84. The summed E-state index contributed by atoms with van der Waals surface area (Å²) in [5.41, 5.74) is 3.62. The first-order valence-corrected chi connectivity index (χ1v) is 6.76. The van der Waals surface area contributed by atoms with E-state index in [1.165, 1.54) is 37.7 Å². The normalized spacial score (nSPS) is 26.0. The first kappa shape index (κ1) is 12.4. The van der Waals surface area contributed by atoms with Crippen LogP contribution in [0.25, 0.3) is 0 Å². The largest absolute Gasteiger partial charge is 0.198 e. The van der Waals surface area contributed by atoms with Gasteiger partial charge in [0, 0.05) is 11.8 Å². The summed E-state index contributed by atoms with van der Waals surface area (Å²) < 4.78 is 0. The Labute approximate surface area is 105 Å². The fraction of sp³-hybridized carbons (Fsp3) is 0.688. The van der Waals surface area contributed by atoms with Gasteiger partial charge in [-0.25, -0.2) is 0 Å². The molecule has 2 aliphatic rings. The summed E-state index contributed by atoms with van der Waals surface area (Å²) in [5, 5.41) is 8.84. The Bertz CT molecular complexity index is 400. The first-order chi connectivity index (χ1) is 7.99. The molecule has 1 heteroatoms. The number of nitriles is 1. The van der Waals surface area contributed by atoms with Crippen LogP contribution in [0.2, 0.25) is 0 Å². The third kappa shape index (κ3) is 2.63. The van der Waals surface area contributed by atoms with Crippen molar-refractivity contribution in [2.24, 2.45) is 10.8 Å². The first-order valence-electron chi connectivity index (χ1n) is 6.76. The summed E-state index contributed by atoms with van der Waals surface area (Å²) >= 11 is 0. The van der Waals surface area contributed by atoms with Crippen molar-refractivity contribution < 1.29 is 0 Å². The van der Waals surface area contributed by atoms with Crippen LogP contribution in [-0.4, -0.2) is 0 Å². The van der Waals surface area contributed by atoms with Gasteiger partial charge in [-0.05, 0) is 50.0 Å². The number of allylic oxidation sites excluding steroid dienone is 4. The minimum Gasteiger partial charge on any atom is -0.198 e. The van der Waals surface area contributed by atoms with E-state index in [9.17, 15) is 0 Å². The van der Waals surface area contributed by atoms with Gasteiger partial charge in [-0.3, -0.25) is 0 Å². The summed E-state index contributed by atoms with van der Waals surface area (Å²) in [6, 6.07) is 2.32. The van der Waals surface area contributed by atoms with Crippen molar-refractivity contribution >= 4 is 0 Å². The molecule has 1 nitrogen and oxygen atoms in total. The lowest BCUT2D eigenvalue weighted by Crippen LogP contribution is -2.19. The van der Waals surface area contributed by atoms with E-state index in [4.69, 9.17) is 5.26 Å². The maximum atomic E-state index is 8.84. The molecular weight excluding hydrogens is 206 g/mol. The van der Waals surface area contributed by atoms with Gasteiger partial charge in [-0.15, -0.1) is 0 Å². The molecule has 0 unspecified atom stereocenters. The Hall–Kier alpha value is -1.03. The maximum Gasteiger partial charge on any atom is 0.0630 e. The number of hydrogen-bond acceptors (Lipinski definition) is 1. The zero-order valence-corrected chi connectivity index (χ0v) is 11.3. The van der Waals surface area contributed by atoms with Crippen LogP contribution in [-0.2, 0) is 0 Å². The number of rotatable bonds is 3. The highest BCUT2D eigenvalue weighted by atomic mass is 14.4. The molecule has 0 aromatic heterocycles. The minimum atomic E-state index is 0.232. The molecule has 0 heterocycles. The van der Waals surface area contributed by atoms with E-state index in [2.05, 4.69) is 39.0 Å². The summed E-state index contributed by atoms with van der Waals surface area (Å²) in [7, 11) is 0. The Morgan fingerprint density at radius 1 is 1.29 bits per heavy atom. The second kappa shape index (κ2) is 4.33. The van der Waals surface area contributed by atoms with E-state index >= 15 is 0 Å². The van der Waals surface area contributed by atoms with Gasteiger partial charge in [0.2, 0.25) is 0 Å². The monoisotopic (exact) mass is 229 g/mol. The van der Waals surface area contributed by atoms with Gasteiger partial charge in [-0.1, -0.05) is 31.6 Å². The summed E-state index contributed by atoms with van der Waals surface area (Å²) in [6.07, 6.45) is 11.6. The van der Waals surface area contributed by atoms with Crippen LogP contribution < -0.4 is 0 Å². The van der Waals surface area contributed by atoms with Crippen molar-refractivity contribution in [2.75, 3.05) is 0 Å². The van der Waals surface area contributed by atoms with Gasteiger partial charge < -0.3 is 0 Å². The zero-order valence-electron chi connectivity index (χ0n) is 11.3. The van der Waals surface area contributed by atoms with Gasteiger partial charge in [0.15, 0.2) is 0 Å². The van der Waals surface area contributed by atoms with E-state index in [1.54, 1.807) is 5.57 Å². The van der Waals surface area contributed by atoms with Crippen molar-refractivity contribution in [1.82, 2.24) is 0 Å². The quantitative estimate of drug-likeness (QED) is 0.684. The van der Waals surface area contributed by atoms with Crippen LogP contribution in [0.4, 0.5) is 0 Å². The highest BCUT2D eigenvalue weighted by molar-refractivity contribution is 5.34. The van der Waals surface area contributed by atoms with Gasteiger partial charge in [0.05, 0.1) is 6.07 Å². The third-order valence-electron chi connectivity index (χ3n) is 4.47. The SMILES string of the molecule is CC1=C(C=CC2(CC#N)CC2)C(C)(C)CCC1. The number of hydrogen-bond donors (Lipinski definition) is 0.